The van der Waals surface area contributed by atoms with Gasteiger partial charge in [-0.1, -0.05) is 42.1 Å². The van der Waals surface area contributed by atoms with E-state index in [0.29, 0.717) is 17.5 Å². The van der Waals surface area contributed by atoms with Crippen molar-refractivity contribution >= 4 is 29.3 Å². The van der Waals surface area contributed by atoms with Crippen LogP contribution in [-0.4, -0.2) is 32.3 Å². The first-order valence-electron chi connectivity index (χ1n) is 9.22. The molecule has 3 aromatic rings. The molecule has 0 bridgehead atoms. The number of thioether (sulfide) groups is 1. The van der Waals surface area contributed by atoms with Gasteiger partial charge in [-0.15, -0.1) is 16.8 Å². The molecule has 31 heavy (non-hydrogen) atoms. The van der Waals surface area contributed by atoms with E-state index in [-0.39, 0.29) is 23.5 Å². The van der Waals surface area contributed by atoms with Crippen molar-refractivity contribution in [2.24, 2.45) is 0 Å². The Morgan fingerprint density at radius 3 is 2.48 bits per heavy atom. The number of hydrogen-bond acceptors (Lipinski definition) is 5. The van der Waals surface area contributed by atoms with E-state index in [1.807, 2.05) is 0 Å². The molecule has 2 amide bonds. The van der Waals surface area contributed by atoms with Crippen LogP contribution in [0.2, 0.25) is 0 Å². The number of anilines is 1. The normalized spacial score (nSPS) is 10.5. The number of rotatable bonds is 9. The number of nitrogens with one attached hydrogen (secondary N) is 2. The summed E-state index contributed by atoms with van der Waals surface area (Å²) in [5, 5.41) is 13.6. The second-order valence-electron chi connectivity index (χ2n) is 6.28. The second kappa shape index (κ2) is 10.5. The van der Waals surface area contributed by atoms with Gasteiger partial charge in [0.15, 0.2) is 11.0 Å². The average molecular weight is 443 g/mol. The third-order valence-corrected chi connectivity index (χ3v) is 5.08. The summed E-state index contributed by atoms with van der Waals surface area (Å²) in [5.41, 5.74) is 0.0221. The Labute approximate surface area is 181 Å². The maximum atomic E-state index is 13.8. The van der Waals surface area contributed by atoms with E-state index < -0.39 is 23.4 Å². The maximum Gasteiger partial charge on any atom is 0.254 e. The summed E-state index contributed by atoms with van der Waals surface area (Å²) in [5.74, 6) is -1.73. The Kier molecular flexibility index (Phi) is 7.50. The van der Waals surface area contributed by atoms with E-state index in [9.17, 15) is 18.4 Å². The standard InChI is InChI=1S/C21H19F2N5O2S/c1-2-11-28-18(12-24-20(30)14-7-3-4-8-15(14)22)26-27-21(28)31-13-19(29)25-17-10-6-5-9-16(17)23/h2-10H,1,11-13H2,(H,24,30)(H,25,29). The molecule has 0 radical (unpaired) electrons. The van der Waals surface area contributed by atoms with Gasteiger partial charge in [-0.3, -0.25) is 9.59 Å². The molecule has 2 aromatic carbocycles. The van der Waals surface area contributed by atoms with Crippen molar-refractivity contribution in [2.75, 3.05) is 11.1 Å². The quantitative estimate of drug-likeness (QED) is 0.391. The van der Waals surface area contributed by atoms with Crippen LogP contribution in [0.3, 0.4) is 0 Å². The van der Waals surface area contributed by atoms with Gasteiger partial charge in [0.1, 0.15) is 11.6 Å². The van der Waals surface area contributed by atoms with Gasteiger partial charge in [0.2, 0.25) is 5.91 Å². The minimum atomic E-state index is -0.621. The van der Waals surface area contributed by atoms with Crippen LogP contribution in [0.1, 0.15) is 16.2 Å². The van der Waals surface area contributed by atoms with Crippen molar-refractivity contribution in [3.63, 3.8) is 0 Å². The SMILES string of the molecule is C=CCn1c(CNC(=O)c2ccccc2F)nnc1SCC(=O)Nc1ccccc1F. The smallest absolute Gasteiger partial charge is 0.254 e. The molecule has 0 atom stereocenters. The largest absolute Gasteiger partial charge is 0.345 e. The van der Waals surface area contributed by atoms with Crippen LogP contribution in [0.5, 0.6) is 0 Å². The molecule has 7 nitrogen and oxygen atoms in total. The molecule has 0 saturated carbocycles. The van der Waals surface area contributed by atoms with E-state index in [0.717, 1.165) is 11.8 Å². The topological polar surface area (TPSA) is 88.9 Å². The predicted octanol–water partition coefficient (Wildman–Crippen LogP) is 3.40. The van der Waals surface area contributed by atoms with Gasteiger partial charge in [0.25, 0.3) is 5.91 Å². The highest BCUT2D eigenvalue weighted by Gasteiger charge is 2.16. The third kappa shape index (κ3) is 5.76. The summed E-state index contributed by atoms with van der Waals surface area (Å²) in [6.07, 6.45) is 1.62. The molecule has 0 aliphatic rings. The summed E-state index contributed by atoms with van der Waals surface area (Å²) >= 11 is 1.11. The van der Waals surface area contributed by atoms with Crippen molar-refractivity contribution in [1.82, 2.24) is 20.1 Å². The zero-order valence-corrected chi connectivity index (χ0v) is 17.2. The van der Waals surface area contributed by atoms with Crippen LogP contribution in [0.4, 0.5) is 14.5 Å². The van der Waals surface area contributed by atoms with Crippen molar-refractivity contribution in [3.8, 4) is 0 Å². The van der Waals surface area contributed by atoms with E-state index in [1.54, 1.807) is 22.8 Å². The van der Waals surface area contributed by atoms with Crippen molar-refractivity contribution in [3.05, 3.63) is 84.2 Å². The first kappa shape index (κ1) is 22.2. The highest BCUT2D eigenvalue weighted by molar-refractivity contribution is 7.99. The molecule has 2 N–H and O–H groups in total. The lowest BCUT2D eigenvalue weighted by molar-refractivity contribution is -0.113. The zero-order valence-electron chi connectivity index (χ0n) is 16.3. The summed E-state index contributed by atoms with van der Waals surface area (Å²) in [7, 11) is 0. The summed E-state index contributed by atoms with van der Waals surface area (Å²) < 4.78 is 29.1. The average Bonchev–Trinajstić information content (AvgIpc) is 3.14. The van der Waals surface area contributed by atoms with E-state index >= 15 is 0 Å². The van der Waals surface area contributed by atoms with E-state index in [2.05, 4.69) is 27.4 Å². The molecular weight excluding hydrogens is 424 g/mol. The van der Waals surface area contributed by atoms with Crippen LogP contribution < -0.4 is 10.6 Å². The van der Waals surface area contributed by atoms with Crippen molar-refractivity contribution < 1.29 is 18.4 Å². The molecule has 0 aliphatic heterocycles. The van der Waals surface area contributed by atoms with Gasteiger partial charge in [-0.05, 0) is 24.3 Å². The number of benzene rings is 2. The monoisotopic (exact) mass is 443 g/mol. The fourth-order valence-corrected chi connectivity index (χ4v) is 3.41. The lowest BCUT2D eigenvalue weighted by Gasteiger charge is -2.09. The first-order chi connectivity index (χ1) is 15.0. The van der Waals surface area contributed by atoms with E-state index in [1.165, 1.54) is 36.4 Å². The fourth-order valence-electron chi connectivity index (χ4n) is 2.65. The number of allylic oxidation sites excluding steroid dienone is 1. The van der Waals surface area contributed by atoms with Gasteiger partial charge < -0.3 is 15.2 Å². The van der Waals surface area contributed by atoms with Crippen LogP contribution in [0, 0.1) is 11.6 Å². The minimum Gasteiger partial charge on any atom is -0.345 e. The summed E-state index contributed by atoms with van der Waals surface area (Å²) in [6, 6.07) is 11.5. The molecule has 3 rings (SSSR count). The fraction of sp³-hybridized carbons (Fsp3) is 0.143. The van der Waals surface area contributed by atoms with Crippen LogP contribution in [-0.2, 0) is 17.9 Å². The third-order valence-electron chi connectivity index (χ3n) is 4.11. The Morgan fingerprint density at radius 2 is 1.77 bits per heavy atom. The number of carbonyl (C=O) groups excluding carboxylic acids is 2. The number of nitrogens with zero attached hydrogens (tertiary/aromatic N) is 3. The Hall–Kier alpha value is -3.53. The molecule has 0 unspecified atom stereocenters. The number of carbonyl (C=O) groups is 2. The molecule has 0 saturated heterocycles. The van der Waals surface area contributed by atoms with Crippen LogP contribution >= 0.6 is 11.8 Å². The number of halogens is 2. The van der Waals surface area contributed by atoms with E-state index in [4.69, 9.17) is 0 Å². The molecule has 1 heterocycles. The molecule has 160 valence electrons. The van der Waals surface area contributed by atoms with Gasteiger partial charge >= 0.3 is 0 Å². The number of amides is 2. The van der Waals surface area contributed by atoms with Gasteiger partial charge in [0.05, 0.1) is 23.5 Å². The molecule has 0 aliphatic carbocycles. The molecule has 1 aromatic heterocycles. The van der Waals surface area contributed by atoms with Gasteiger partial charge in [-0.25, -0.2) is 8.78 Å². The van der Waals surface area contributed by atoms with Gasteiger partial charge in [-0.2, -0.15) is 0 Å². The van der Waals surface area contributed by atoms with Crippen molar-refractivity contribution in [1.29, 1.82) is 0 Å². The van der Waals surface area contributed by atoms with Gasteiger partial charge in [0, 0.05) is 6.54 Å². The highest BCUT2D eigenvalue weighted by Crippen LogP contribution is 2.19. The lowest BCUT2D eigenvalue weighted by Crippen LogP contribution is -2.25. The lowest BCUT2D eigenvalue weighted by atomic mass is 10.2. The Balaban J connectivity index is 1.62. The number of aromatic nitrogens is 3. The zero-order chi connectivity index (χ0) is 22.2. The summed E-state index contributed by atoms with van der Waals surface area (Å²) in [6.45, 7) is 4.04. The molecule has 0 spiro atoms. The summed E-state index contributed by atoms with van der Waals surface area (Å²) in [4.78, 5) is 24.4. The molecular formula is C21H19F2N5O2S. The molecule has 10 heteroatoms. The number of hydrogen-bond donors (Lipinski definition) is 2. The minimum absolute atomic E-state index is 0.00991. The Bertz CT molecular complexity index is 1100. The second-order valence-corrected chi connectivity index (χ2v) is 7.22. The van der Waals surface area contributed by atoms with Crippen molar-refractivity contribution in [2.45, 2.75) is 18.2 Å². The van der Waals surface area contributed by atoms with Crippen LogP contribution in [0.15, 0.2) is 66.3 Å². The number of para-hydroxylation sites is 1. The predicted molar refractivity (Wildman–Crippen MR) is 114 cm³/mol. The maximum absolute atomic E-state index is 13.8. The highest BCUT2D eigenvalue weighted by atomic mass is 32.2. The Morgan fingerprint density at radius 1 is 1.06 bits per heavy atom. The molecule has 0 fully saturated rings. The first-order valence-corrected chi connectivity index (χ1v) is 10.2. The van der Waals surface area contributed by atoms with Crippen LogP contribution in [0.25, 0.3) is 0 Å².